The number of amides is 2. The van der Waals surface area contributed by atoms with Crippen molar-refractivity contribution in [1.29, 1.82) is 5.26 Å². The van der Waals surface area contributed by atoms with Crippen molar-refractivity contribution in [1.82, 2.24) is 14.8 Å². The topological polar surface area (TPSA) is 80.5 Å². The van der Waals surface area contributed by atoms with Crippen LogP contribution in [0.3, 0.4) is 0 Å². The first-order valence-corrected chi connectivity index (χ1v) is 10.9. The lowest BCUT2D eigenvalue weighted by molar-refractivity contribution is -0.139. The van der Waals surface area contributed by atoms with Gasteiger partial charge in [-0.25, -0.2) is 4.98 Å². The molecule has 0 aliphatic carbocycles. The maximum Gasteiger partial charge on any atom is 0.254 e. The first-order valence-electron chi connectivity index (χ1n) is 10.5. The summed E-state index contributed by atoms with van der Waals surface area (Å²) in [5.74, 6) is 0.579. The third-order valence-corrected chi connectivity index (χ3v) is 5.75. The van der Waals surface area contributed by atoms with Crippen molar-refractivity contribution in [3.05, 3.63) is 46.6 Å². The predicted molar refractivity (Wildman–Crippen MR) is 126 cm³/mol. The molecule has 32 heavy (non-hydrogen) atoms. The van der Waals surface area contributed by atoms with Gasteiger partial charge in [-0.15, -0.1) is 0 Å². The average Bonchev–Trinajstić information content (AvgIpc) is 2.77. The summed E-state index contributed by atoms with van der Waals surface area (Å²) in [4.78, 5) is 34.7. The number of piperazine rings is 1. The van der Waals surface area contributed by atoms with Crippen LogP contribution >= 0.6 is 11.6 Å². The zero-order valence-corrected chi connectivity index (χ0v) is 19.9. The van der Waals surface area contributed by atoms with Crippen LogP contribution < -0.4 is 4.90 Å². The van der Waals surface area contributed by atoms with Gasteiger partial charge in [0.1, 0.15) is 11.9 Å². The molecule has 2 aromatic rings. The number of carbonyl (C=O) groups excluding carboxylic acids is 2. The molecular formula is C24H28ClN5O2. The fourth-order valence-corrected chi connectivity index (χ4v) is 3.92. The summed E-state index contributed by atoms with van der Waals surface area (Å²) in [6, 6.07) is 9.23. The van der Waals surface area contributed by atoms with Gasteiger partial charge in [-0.3, -0.25) is 9.59 Å². The summed E-state index contributed by atoms with van der Waals surface area (Å²) in [7, 11) is 3.35. The second-order valence-corrected chi connectivity index (χ2v) is 9.54. The monoisotopic (exact) mass is 453 g/mol. The molecule has 1 aliphatic rings. The molecule has 2 amide bonds. The Labute approximate surface area is 194 Å². The minimum Gasteiger partial charge on any atom is -0.352 e. The van der Waals surface area contributed by atoms with Gasteiger partial charge in [0.05, 0.1) is 16.1 Å². The zero-order chi connectivity index (χ0) is 23.6. The van der Waals surface area contributed by atoms with Gasteiger partial charge in [0.2, 0.25) is 5.91 Å². The van der Waals surface area contributed by atoms with Gasteiger partial charge < -0.3 is 14.7 Å². The van der Waals surface area contributed by atoms with Crippen LogP contribution in [0.15, 0.2) is 30.5 Å². The fraction of sp³-hybridized carbons (Fsp3) is 0.417. The van der Waals surface area contributed by atoms with E-state index >= 15 is 0 Å². The Balaban J connectivity index is 1.81. The molecule has 2 heterocycles. The molecule has 1 aromatic heterocycles. The Morgan fingerprint density at radius 2 is 1.75 bits per heavy atom. The SMILES string of the molecule is CN(C)C(=O)c1ccc(-c2cnc(N3CCN(C(=O)C(C)(C)C)CC3)c(C#N)c2)cc1Cl. The fourth-order valence-electron chi connectivity index (χ4n) is 3.65. The Morgan fingerprint density at radius 1 is 1.09 bits per heavy atom. The van der Waals surface area contributed by atoms with Crippen molar-refractivity contribution in [2.75, 3.05) is 45.2 Å². The molecule has 8 heteroatoms. The number of pyridine rings is 1. The number of rotatable bonds is 3. The highest BCUT2D eigenvalue weighted by atomic mass is 35.5. The molecule has 0 bridgehead atoms. The number of benzene rings is 1. The Bertz CT molecular complexity index is 1080. The number of hydrogen-bond donors (Lipinski definition) is 0. The van der Waals surface area contributed by atoms with E-state index in [-0.39, 0.29) is 11.8 Å². The minimum absolute atomic E-state index is 0.133. The predicted octanol–water partition coefficient (Wildman–Crippen LogP) is 3.67. The van der Waals surface area contributed by atoms with Crippen molar-refractivity contribution in [3.8, 4) is 17.2 Å². The molecule has 1 fully saturated rings. The van der Waals surface area contributed by atoms with Crippen LogP contribution in [0.4, 0.5) is 5.82 Å². The second kappa shape index (κ2) is 9.17. The first kappa shape index (κ1) is 23.6. The molecule has 0 saturated carbocycles. The van der Waals surface area contributed by atoms with E-state index in [1.54, 1.807) is 44.6 Å². The average molecular weight is 454 g/mol. The van der Waals surface area contributed by atoms with E-state index < -0.39 is 5.41 Å². The molecule has 0 atom stereocenters. The van der Waals surface area contributed by atoms with Gasteiger partial charge in [-0.1, -0.05) is 38.4 Å². The molecule has 7 nitrogen and oxygen atoms in total. The standard InChI is InChI=1S/C24H28ClN5O2/c1-24(2,3)23(32)30-10-8-29(9-11-30)21-17(14-26)12-18(15-27-21)16-6-7-19(20(25)13-16)22(31)28(4)5/h6-7,12-13,15H,8-11H2,1-5H3. The van der Waals surface area contributed by atoms with Crippen molar-refractivity contribution < 1.29 is 9.59 Å². The van der Waals surface area contributed by atoms with Gasteiger partial charge >= 0.3 is 0 Å². The molecule has 0 spiro atoms. The highest BCUT2D eigenvalue weighted by Gasteiger charge is 2.30. The molecule has 1 aromatic carbocycles. The smallest absolute Gasteiger partial charge is 0.254 e. The van der Waals surface area contributed by atoms with Gasteiger partial charge in [0.25, 0.3) is 5.91 Å². The summed E-state index contributed by atoms with van der Waals surface area (Å²) in [6.07, 6.45) is 1.71. The van der Waals surface area contributed by atoms with Crippen molar-refractivity contribution in [2.24, 2.45) is 5.41 Å². The van der Waals surface area contributed by atoms with Gasteiger partial charge in [0.15, 0.2) is 0 Å². The third kappa shape index (κ3) is 4.86. The first-order chi connectivity index (χ1) is 15.0. The molecule has 0 unspecified atom stereocenters. The van der Waals surface area contributed by atoms with Crippen LogP contribution in [0.1, 0.15) is 36.7 Å². The third-order valence-electron chi connectivity index (χ3n) is 5.43. The Morgan fingerprint density at radius 3 is 2.28 bits per heavy atom. The summed E-state index contributed by atoms with van der Waals surface area (Å²) in [5.41, 5.74) is 2.00. The molecule has 0 radical (unpaired) electrons. The van der Waals surface area contributed by atoms with Crippen LogP contribution in [-0.4, -0.2) is 66.9 Å². The lowest BCUT2D eigenvalue weighted by Gasteiger charge is -2.38. The highest BCUT2D eigenvalue weighted by Crippen LogP contribution is 2.29. The van der Waals surface area contributed by atoms with E-state index in [2.05, 4.69) is 11.1 Å². The number of carbonyl (C=O) groups is 2. The summed E-state index contributed by atoms with van der Waals surface area (Å²) < 4.78 is 0. The van der Waals surface area contributed by atoms with Gasteiger partial charge in [-0.05, 0) is 23.8 Å². The van der Waals surface area contributed by atoms with Crippen LogP contribution in [-0.2, 0) is 4.79 Å². The number of hydrogen-bond acceptors (Lipinski definition) is 5. The summed E-state index contributed by atoms with van der Waals surface area (Å²) in [6.45, 7) is 8.20. The Hall–Kier alpha value is -3.11. The lowest BCUT2D eigenvalue weighted by atomic mass is 9.94. The van der Waals surface area contributed by atoms with Gasteiger partial charge in [-0.2, -0.15) is 5.26 Å². The number of nitriles is 1. The van der Waals surface area contributed by atoms with Gasteiger partial charge in [0, 0.05) is 57.4 Å². The highest BCUT2D eigenvalue weighted by molar-refractivity contribution is 6.34. The van der Waals surface area contributed by atoms with E-state index in [4.69, 9.17) is 11.6 Å². The van der Waals surface area contributed by atoms with Crippen LogP contribution in [0, 0.1) is 16.7 Å². The summed E-state index contributed by atoms with van der Waals surface area (Å²) in [5, 5.41) is 10.1. The Kier molecular flexibility index (Phi) is 6.75. The van der Waals surface area contributed by atoms with Crippen LogP contribution in [0.25, 0.3) is 11.1 Å². The minimum atomic E-state index is -0.409. The van der Waals surface area contributed by atoms with E-state index in [9.17, 15) is 14.9 Å². The maximum atomic E-state index is 12.5. The molecule has 1 aliphatic heterocycles. The van der Waals surface area contributed by atoms with Crippen molar-refractivity contribution in [3.63, 3.8) is 0 Å². The zero-order valence-electron chi connectivity index (χ0n) is 19.1. The molecule has 0 N–H and O–H groups in total. The van der Waals surface area contributed by atoms with Crippen LogP contribution in [0.5, 0.6) is 0 Å². The van der Waals surface area contributed by atoms with E-state index in [0.29, 0.717) is 48.1 Å². The second-order valence-electron chi connectivity index (χ2n) is 9.13. The number of nitrogens with zero attached hydrogens (tertiary/aromatic N) is 5. The number of halogens is 1. The maximum absolute atomic E-state index is 12.5. The summed E-state index contributed by atoms with van der Waals surface area (Å²) >= 11 is 6.34. The lowest BCUT2D eigenvalue weighted by Crippen LogP contribution is -2.52. The van der Waals surface area contributed by atoms with Crippen molar-refractivity contribution >= 4 is 29.2 Å². The number of anilines is 1. The van der Waals surface area contributed by atoms with E-state index in [1.807, 2.05) is 30.6 Å². The van der Waals surface area contributed by atoms with Crippen molar-refractivity contribution in [2.45, 2.75) is 20.8 Å². The van der Waals surface area contributed by atoms with E-state index in [0.717, 1.165) is 11.1 Å². The molecular weight excluding hydrogens is 426 g/mol. The van der Waals surface area contributed by atoms with E-state index in [1.165, 1.54) is 4.90 Å². The number of aromatic nitrogens is 1. The molecule has 3 rings (SSSR count). The van der Waals surface area contributed by atoms with Crippen LogP contribution in [0.2, 0.25) is 5.02 Å². The normalized spacial score (nSPS) is 14.2. The quantitative estimate of drug-likeness (QED) is 0.708. The largest absolute Gasteiger partial charge is 0.352 e. The molecule has 1 saturated heterocycles. The molecule has 168 valence electrons.